The standard InChI is InChI=1S/C13H16O7/c1-9(13(16)20-8-10-7-19-10)5-6-18-12(15)4-3-11(14)17-2/h3-5,10H,6-8H2,1-2H3/b4-3-,9-5+. The van der Waals surface area contributed by atoms with E-state index in [0.29, 0.717) is 12.2 Å². The van der Waals surface area contributed by atoms with Crippen molar-refractivity contribution in [2.24, 2.45) is 0 Å². The average Bonchev–Trinajstić information content (AvgIpc) is 3.25. The molecule has 0 bridgehead atoms. The van der Waals surface area contributed by atoms with Crippen molar-refractivity contribution in [2.45, 2.75) is 13.0 Å². The molecular formula is C13H16O7. The molecule has 1 aliphatic heterocycles. The maximum atomic E-state index is 11.4. The molecule has 0 aliphatic carbocycles. The van der Waals surface area contributed by atoms with E-state index in [2.05, 4.69) is 4.74 Å². The first kappa shape index (κ1) is 15.9. The summed E-state index contributed by atoms with van der Waals surface area (Å²) in [6.07, 6.45) is 3.31. The van der Waals surface area contributed by atoms with Crippen molar-refractivity contribution >= 4 is 17.9 Å². The molecule has 1 atom stereocenters. The van der Waals surface area contributed by atoms with E-state index < -0.39 is 17.9 Å². The van der Waals surface area contributed by atoms with Gasteiger partial charge < -0.3 is 18.9 Å². The molecule has 1 saturated heterocycles. The lowest BCUT2D eigenvalue weighted by Crippen LogP contribution is -2.11. The molecule has 0 radical (unpaired) electrons. The number of carbonyl (C=O) groups is 3. The van der Waals surface area contributed by atoms with Crippen LogP contribution in [0.1, 0.15) is 6.92 Å². The van der Waals surface area contributed by atoms with E-state index in [-0.39, 0.29) is 19.3 Å². The molecule has 7 nitrogen and oxygen atoms in total. The van der Waals surface area contributed by atoms with Crippen molar-refractivity contribution in [1.82, 2.24) is 0 Å². The molecule has 0 amide bonds. The molecule has 7 heteroatoms. The largest absolute Gasteiger partial charge is 0.466 e. The predicted molar refractivity (Wildman–Crippen MR) is 66.6 cm³/mol. The zero-order valence-corrected chi connectivity index (χ0v) is 11.3. The van der Waals surface area contributed by atoms with Crippen LogP contribution in [0.15, 0.2) is 23.8 Å². The number of carbonyl (C=O) groups excluding carboxylic acids is 3. The van der Waals surface area contributed by atoms with Crippen molar-refractivity contribution in [1.29, 1.82) is 0 Å². The summed E-state index contributed by atoms with van der Waals surface area (Å²) in [6.45, 7) is 2.30. The summed E-state index contributed by atoms with van der Waals surface area (Å²) in [4.78, 5) is 33.3. The van der Waals surface area contributed by atoms with E-state index in [1.54, 1.807) is 6.92 Å². The Morgan fingerprint density at radius 3 is 2.45 bits per heavy atom. The molecule has 1 heterocycles. The second-order valence-electron chi connectivity index (χ2n) is 3.93. The number of methoxy groups -OCH3 is 1. The summed E-state index contributed by atoms with van der Waals surface area (Å²) in [6, 6.07) is 0. The molecule has 1 fully saturated rings. The molecule has 0 aromatic rings. The molecule has 0 aromatic carbocycles. The quantitative estimate of drug-likeness (QED) is 0.284. The Morgan fingerprint density at radius 2 is 1.85 bits per heavy atom. The van der Waals surface area contributed by atoms with E-state index in [1.807, 2.05) is 0 Å². The van der Waals surface area contributed by atoms with E-state index >= 15 is 0 Å². The maximum Gasteiger partial charge on any atom is 0.333 e. The van der Waals surface area contributed by atoms with E-state index in [0.717, 1.165) is 12.2 Å². The molecule has 20 heavy (non-hydrogen) atoms. The van der Waals surface area contributed by atoms with Crippen LogP contribution in [0.25, 0.3) is 0 Å². The van der Waals surface area contributed by atoms with Crippen LogP contribution < -0.4 is 0 Å². The second-order valence-corrected chi connectivity index (χ2v) is 3.93. The van der Waals surface area contributed by atoms with Crippen molar-refractivity contribution in [3.8, 4) is 0 Å². The summed E-state index contributed by atoms with van der Waals surface area (Å²) in [5, 5.41) is 0. The monoisotopic (exact) mass is 284 g/mol. The summed E-state index contributed by atoms with van der Waals surface area (Å²) in [5.74, 6) is -1.85. The van der Waals surface area contributed by atoms with Crippen molar-refractivity contribution in [3.63, 3.8) is 0 Å². The predicted octanol–water partition coefficient (Wildman–Crippen LogP) is 0.147. The normalized spacial score (nSPS) is 17.7. The van der Waals surface area contributed by atoms with Crippen LogP contribution in [0.2, 0.25) is 0 Å². The Hall–Kier alpha value is -2.15. The Bertz CT molecular complexity index is 432. The Kier molecular flexibility index (Phi) is 6.45. The number of ether oxygens (including phenoxy) is 4. The van der Waals surface area contributed by atoms with Crippen molar-refractivity contribution in [3.05, 3.63) is 23.8 Å². The lowest BCUT2D eigenvalue weighted by Gasteiger charge is -2.03. The third kappa shape index (κ3) is 6.69. The second kappa shape index (κ2) is 8.11. The van der Waals surface area contributed by atoms with E-state index in [9.17, 15) is 14.4 Å². The number of hydrogen-bond acceptors (Lipinski definition) is 7. The van der Waals surface area contributed by atoms with Crippen molar-refractivity contribution in [2.75, 3.05) is 26.9 Å². The van der Waals surface area contributed by atoms with Crippen molar-refractivity contribution < 1.29 is 33.3 Å². The van der Waals surface area contributed by atoms with Gasteiger partial charge in [-0.05, 0) is 13.0 Å². The molecule has 1 unspecified atom stereocenters. The number of esters is 3. The van der Waals surface area contributed by atoms with Gasteiger partial charge in [-0.2, -0.15) is 0 Å². The average molecular weight is 284 g/mol. The number of rotatable bonds is 7. The minimum Gasteiger partial charge on any atom is -0.466 e. The minimum atomic E-state index is -0.709. The first-order valence-electron chi connectivity index (χ1n) is 5.91. The molecule has 0 spiro atoms. The molecule has 0 aromatic heterocycles. The molecular weight excluding hydrogens is 268 g/mol. The molecule has 110 valence electrons. The summed E-state index contributed by atoms with van der Waals surface area (Å²) < 4.78 is 18.9. The topological polar surface area (TPSA) is 91.4 Å². The highest BCUT2D eigenvalue weighted by Gasteiger charge is 2.24. The molecule has 0 saturated carbocycles. The van der Waals surface area contributed by atoms with Gasteiger partial charge in [0.15, 0.2) is 0 Å². The summed E-state index contributed by atoms with van der Waals surface area (Å²) >= 11 is 0. The van der Waals surface area contributed by atoms with Crippen LogP contribution >= 0.6 is 0 Å². The smallest absolute Gasteiger partial charge is 0.333 e. The fourth-order valence-electron chi connectivity index (χ4n) is 1.03. The van der Waals surface area contributed by atoms with Gasteiger partial charge in [-0.1, -0.05) is 0 Å². The van der Waals surface area contributed by atoms with E-state index in [4.69, 9.17) is 14.2 Å². The summed E-state index contributed by atoms with van der Waals surface area (Å²) in [5.41, 5.74) is 0.329. The van der Waals surface area contributed by atoms with Gasteiger partial charge in [0.2, 0.25) is 0 Å². The van der Waals surface area contributed by atoms with E-state index in [1.165, 1.54) is 13.2 Å². The lowest BCUT2D eigenvalue weighted by molar-refractivity contribution is -0.140. The number of hydrogen-bond donors (Lipinski definition) is 0. The minimum absolute atomic E-state index is 0.00744. The van der Waals surface area contributed by atoms with Crippen LogP contribution in [-0.2, 0) is 33.3 Å². The first-order chi connectivity index (χ1) is 9.52. The molecule has 0 N–H and O–H groups in total. The Morgan fingerprint density at radius 1 is 1.20 bits per heavy atom. The zero-order chi connectivity index (χ0) is 15.0. The SMILES string of the molecule is COC(=O)/C=C\C(=O)OC/C=C(\C)C(=O)OCC1CO1. The van der Waals surface area contributed by atoms with Gasteiger partial charge in [-0.25, -0.2) is 14.4 Å². The lowest BCUT2D eigenvalue weighted by atomic mass is 10.3. The zero-order valence-electron chi connectivity index (χ0n) is 11.3. The first-order valence-corrected chi connectivity index (χ1v) is 5.91. The third-order valence-corrected chi connectivity index (χ3v) is 2.30. The molecule has 1 rings (SSSR count). The molecule has 1 aliphatic rings. The Labute approximate surface area is 116 Å². The van der Waals surface area contributed by atoms with Crippen LogP contribution in [0.4, 0.5) is 0 Å². The fourth-order valence-corrected chi connectivity index (χ4v) is 1.03. The van der Waals surface area contributed by atoms with Gasteiger partial charge in [0, 0.05) is 17.7 Å². The van der Waals surface area contributed by atoms with Crippen LogP contribution in [0, 0.1) is 0 Å². The maximum absolute atomic E-state index is 11.4. The van der Waals surface area contributed by atoms with Gasteiger partial charge in [-0.15, -0.1) is 0 Å². The van der Waals surface area contributed by atoms with Crippen LogP contribution in [0.5, 0.6) is 0 Å². The fraction of sp³-hybridized carbons (Fsp3) is 0.462. The van der Waals surface area contributed by atoms with Gasteiger partial charge in [0.05, 0.1) is 13.7 Å². The number of epoxide rings is 1. The third-order valence-electron chi connectivity index (χ3n) is 2.30. The van der Waals surface area contributed by atoms with Crippen LogP contribution in [0.3, 0.4) is 0 Å². The van der Waals surface area contributed by atoms with Gasteiger partial charge in [0.1, 0.15) is 19.3 Å². The van der Waals surface area contributed by atoms with Gasteiger partial charge in [0.25, 0.3) is 0 Å². The van der Waals surface area contributed by atoms with Gasteiger partial charge in [-0.3, -0.25) is 0 Å². The summed E-state index contributed by atoms with van der Waals surface area (Å²) in [7, 11) is 1.20. The van der Waals surface area contributed by atoms with Crippen LogP contribution in [-0.4, -0.2) is 50.9 Å². The highest BCUT2D eigenvalue weighted by molar-refractivity contribution is 5.91. The highest BCUT2D eigenvalue weighted by atomic mass is 16.6. The Balaban J connectivity index is 2.24. The highest BCUT2D eigenvalue weighted by Crippen LogP contribution is 2.09. The van der Waals surface area contributed by atoms with Gasteiger partial charge >= 0.3 is 17.9 Å².